The van der Waals surface area contributed by atoms with Crippen molar-refractivity contribution in [2.75, 3.05) is 11.4 Å². The second-order valence-electron chi connectivity index (χ2n) is 6.93. The topological polar surface area (TPSA) is 32.7 Å². The fourth-order valence-electron chi connectivity index (χ4n) is 3.31. The van der Waals surface area contributed by atoms with Crippen molar-refractivity contribution < 1.29 is 4.79 Å². The number of benzene rings is 2. The van der Waals surface area contributed by atoms with Crippen LogP contribution in [0, 0.1) is 12.8 Å². The Morgan fingerprint density at radius 2 is 1.88 bits per heavy atom. The van der Waals surface area contributed by atoms with E-state index in [1.54, 1.807) is 0 Å². The average molecular weight is 318 g/mol. The van der Waals surface area contributed by atoms with E-state index in [0.29, 0.717) is 5.92 Å². The van der Waals surface area contributed by atoms with Gasteiger partial charge >= 0.3 is 0 Å². The molecule has 1 amide bonds. The van der Waals surface area contributed by atoms with Gasteiger partial charge in [-0.1, -0.05) is 42.0 Å². The maximum absolute atomic E-state index is 13.0. The second-order valence-corrected chi connectivity index (χ2v) is 6.93. The van der Waals surface area contributed by atoms with Crippen LogP contribution >= 0.6 is 0 Å². The molecule has 0 saturated heterocycles. The summed E-state index contributed by atoms with van der Waals surface area (Å²) in [6, 6.07) is 16.2. The van der Waals surface area contributed by atoms with E-state index in [1.807, 2.05) is 30.0 Å². The number of nitrogens with zero attached hydrogens (tertiary/aromatic N) is 2. The Bertz CT molecular complexity index is 806. The molecule has 3 nitrogen and oxygen atoms in total. The molecule has 4 rings (SSSR count). The molecule has 1 saturated carbocycles. The Kier molecular flexibility index (Phi) is 3.72. The zero-order chi connectivity index (χ0) is 16.7. The van der Waals surface area contributed by atoms with Gasteiger partial charge < -0.3 is 4.90 Å². The first-order valence-electron chi connectivity index (χ1n) is 8.69. The van der Waals surface area contributed by atoms with Crippen LogP contribution in [0.4, 0.5) is 5.69 Å². The van der Waals surface area contributed by atoms with Gasteiger partial charge in [-0.15, -0.1) is 0 Å². The lowest BCUT2D eigenvalue weighted by atomic mass is 9.98. The summed E-state index contributed by atoms with van der Waals surface area (Å²) < 4.78 is 0. The summed E-state index contributed by atoms with van der Waals surface area (Å²) >= 11 is 0. The number of carbonyl (C=O) groups excluding carboxylic acids is 1. The normalized spacial score (nSPS) is 20.4. The van der Waals surface area contributed by atoms with Crippen LogP contribution in [0.2, 0.25) is 0 Å². The van der Waals surface area contributed by atoms with Gasteiger partial charge in [-0.3, -0.25) is 9.79 Å². The lowest BCUT2D eigenvalue weighted by molar-refractivity contribution is -0.119. The van der Waals surface area contributed by atoms with Crippen molar-refractivity contribution in [3.05, 3.63) is 65.2 Å². The number of aryl methyl sites for hydroxylation is 1. The van der Waals surface area contributed by atoms with Crippen LogP contribution in [0.1, 0.15) is 36.5 Å². The Balaban J connectivity index is 1.89. The molecule has 2 aromatic rings. The van der Waals surface area contributed by atoms with Gasteiger partial charge in [-0.25, -0.2) is 0 Å². The summed E-state index contributed by atoms with van der Waals surface area (Å²) in [7, 11) is 0. The summed E-state index contributed by atoms with van der Waals surface area (Å²) in [6.07, 6.45) is 2.46. The number of fused-ring (bicyclic) bond motifs is 1. The van der Waals surface area contributed by atoms with Gasteiger partial charge in [-0.2, -0.15) is 0 Å². The molecule has 0 spiro atoms. The van der Waals surface area contributed by atoms with Gasteiger partial charge in [0, 0.05) is 17.7 Å². The molecule has 0 radical (unpaired) electrons. The third-order valence-corrected chi connectivity index (χ3v) is 4.83. The summed E-state index contributed by atoms with van der Waals surface area (Å²) in [5, 5.41) is 0. The Labute approximate surface area is 143 Å². The highest BCUT2D eigenvalue weighted by molar-refractivity contribution is 6.20. The molecule has 1 unspecified atom stereocenters. The lowest BCUT2D eigenvalue weighted by Gasteiger charge is -2.24. The van der Waals surface area contributed by atoms with Gasteiger partial charge in [0.2, 0.25) is 0 Å². The summed E-state index contributed by atoms with van der Waals surface area (Å²) in [5.74, 6) is 0.756. The molecule has 0 aromatic heterocycles. The van der Waals surface area contributed by atoms with Crippen molar-refractivity contribution in [1.82, 2.24) is 0 Å². The minimum Gasteiger partial charge on any atom is -0.310 e. The third-order valence-electron chi connectivity index (χ3n) is 4.83. The smallest absolute Gasteiger partial charge is 0.251 e. The summed E-state index contributed by atoms with van der Waals surface area (Å²) in [6.45, 7) is 4.81. The molecule has 0 N–H and O–H groups in total. The average Bonchev–Trinajstić information content (AvgIpc) is 3.42. The summed E-state index contributed by atoms with van der Waals surface area (Å²) in [4.78, 5) is 19.7. The summed E-state index contributed by atoms with van der Waals surface area (Å²) in [5.41, 5.74) is 5.25. The molecule has 1 aliphatic carbocycles. The zero-order valence-electron chi connectivity index (χ0n) is 14.2. The molecule has 1 atom stereocenters. The van der Waals surface area contributed by atoms with E-state index in [4.69, 9.17) is 4.99 Å². The molecular formula is C21H22N2O. The minimum absolute atomic E-state index is 0.109. The highest BCUT2D eigenvalue weighted by Crippen LogP contribution is 2.35. The van der Waals surface area contributed by atoms with Crippen molar-refractivity contribution in [1.29, 1.82) is 0 Å². The quantitative estimate of drug-likeness (QED) is 0.842. The number of hydrogen-bond donors (Lipinski definition) is 0. The fourth-order valence-corrected chi connectivity index (χ4v) is 3.31. The van der Waals surface area contributed by atoms with Crippen LogP contribution in [0.25, 0.3) is 0 Å². The molecule has 0 bridgehead atoms. The molecule has 1 aliphatic heterocycles. The third kappa shape index (κ3) is 2.75. The van der Waals surface area contributed by atoms with E-state index in [1.165, 1.54) is 18.4 Å². The predicted molar refractivity (Wildman–Crippen MR) is 97.8 cm³/mol. The van der Waals surface area contributed by atoms with Gasteiger partial charge in [0.05, 0.1) is 11.4 Å². The van der Waals surface area contributed by atoms with Crippen LogP contribution in [-0.4, -0.2) is 24.2 Å². The molecule has 2 aliphatic rings. The Morgan fingerprint density at radius 1 is 1.12 bits per heavy atom. The van der Waals surface area contributed by atoms with Gasteiger partial charge in [0.15, 0.2) is 0 Å². The Hall–Kier alpha value is -2.42. The first-order chi connectivity index (χ1) is 11.6. The highest BCUT2D eigenvalue weighted by atomic mass is 16.2. The maximum atomic E-state index is 13.0. The van der Waals surface area contributed by atoms with E-state index < -0.39 is 0 Å². The van der Waals surface area contributed by atoms with Crippen molar-refractivity contribution >= 4 is 17.3 Å². The predicted octanol–water partition coefficient (Wildman–Crippen LogP) is 3.98. The van der Waals surface area contributed by atoms with Crippen LogP contribution in [0.5, 0.6) is 0 Å². The standard InChI is InChI=1S/C21H22N2O/c1-14-8-11-19-18(12-14)20(17-6-4-3-5-7-17)22-15(2)21(24)23(19)13-16-9-10-16/h3-8,11-12,15-16H,9-10,13H2,1-2H3. The number of aliphatic imine (C=N–C) groups is 1. The van der Waals surface area contributed by atoms with Crippen LogP contribution in [0.15, 0.2) is 53.5 Å². The largest absolute Gasteiger partial charge is 0.310 e. The first-order valence-corrected chi connectivity index (χ1v) is 8.69. The number of carbonyl (C=O) groups is 1. The van der Waals surface area contributed by atoms with Gasteiger partial charge in [0.25, 0.3) is 5.91 Å². The molecule has 3 heteroatoms. The molecule has 1 heterocycles. The van der Waals surface area contributed by atoms with Gasteiger partial charge in [-0.05, 0) is 44.7 Å². The number of benzodiazepines with no additional fused rings is 1. The second kappa shape index (κ2) is 5.90. The first kappa shape index (κ1) is 15.1. The number of amides is 1. The van der Waals surface area contributed by atoms with Crippen molar-refractivity contribution in [2.24, 2.45) is 10.9 Å². The van der Waals surface area contributed by atoms with Crippen molar-refractivity contribution in [3.8, 4) is 0 Å². The van der Waals surface area contributed by atoms with Gasteiger partial charge in [0.1, 0.15) is 6.04 Å². The molecular weight excluding hydrogens is 296 g/mol. The van der Waals surface area contributed by atoms with E-state index in [-0.39, 0.29) is 11.9 Å². The molecule has 122 valence electrons. The SMILES string of the molecule is Cc1ccc2c(c1)C(c1ccccc1)=NC(C)C(=O)N2CC1CC1. The van der Waals surface area contributed by atoms with E-state index in [0.717, 1.165) is 29.1 Å². The minimum atomic E-state index is -0.355. The van der Waals surface area contributed by atoms with Crippen LogP contribution < -0.4 is 4.90 Å². The number of rotatable bonds is 3. The fraction of sp³-hybridized carbons (Fsp3) is 0.333. The monoisotopic (exact) mass is 318 g/mol. The molecule has 1 fully saturated rings. The zero-order valence-corrected chi connectivity index (χ0v) is 14.2. The van der Waals surface area contributed by atoms with E-state index in [2.05, 4.69) is 37.3 Å². The van der Waals surface area contributed by atoms with E-state index in [9.17, 15) is 4.79 Å². The highest BCUT2D eigenvalue weighted by Gasteiger charge is 2.33. The Morgan fingerprint density at radius 3 is 2.58 bits per heavy atom. The van der Waals surface area contributed by atoms with Crippen molar-refractivity contribution in [2.45, 2.75) is 32.7 Å². The van der Waals surface area contributed by atoms with Crippen molar-refractivity contribution in [3.63, 3.8) is 0 Å². The molecule has 24 heavy (non-hydrogen) atoms. The number of anilines is 1. The van der Waals surface area contributed by atoms with Crippen LogP contribution in [0.3, 0.4) is 0 Å². The van der Waals surface area contributed by atoms with Crippen LogP contribution in [-0.2, 0) is 4.79 Å². The molecule has 2 aromatic carbocycles. The lowest BCUT2D eigenvalue weighted by Crippen LogP contribution is -2.38. The number of hydrogen-bond acceptors (Lipinski definition) is 2. The van der Waals surface area contributed by atoms with E-state index >= 15 is 0 Å². The maximum Gasteiger partial charge on any atom is 0.251 e.